The van der Waals surface area contributed by atoms with E-state index in [0.29, 0.717) is 5.95 Å². The van der Waals surface area contributed by atoms with Crippen molar-refractivity contribution < 1.29 is 0 Å². The molecule has 200 valence electrons. The fraction of sp³-hybridized carbons (Fsp3) is 0. The van der Waals surface area contributed by atoms with Gasteiger partial charge in [0, 0.05) is 48.0 Å². The molecular formula is C38H22N4S. The second kappa shape index (κ2) is 8.57. The highest BCUT2D eigenvalue weighted by atomic mass is 32.2. The molecule has 0 bridgehead atoms. The molecule has 4 nitrogen and oxygen atoms in total. The van der Waals surface area contributed by atoms with Crippen LogP contribution in [0.5, 0.6) is 0 Å². The fourth-order valence-electron chi connectivity index (χ4n) is 6.89. The van der Waals surface area contributed by atoms with Gasteiger partial charge in [-0.3, -0.25) is 4.57 Å². The molecule has 0 N–H and O–H groups in total. The topological polar surface area (TPSA) is 35.6 Å². The van der Waals surface area contributed by atoms with Crippen LogP contribution >= 0.6 is 11.8 Å². The summed E-state index contributed by atoms with van der Waals surface area (Å²) in [6, 6.07) is 47.6. The first kappa shape index (κ1) is 23.2. The third kappa shape index (κ3) is 3.17. The van der Waals surface area contributed by atoms with Gasteiger partial charge >= 0.3 is 0 Å². The summed E-state index contributed by atoms with van der Waals surface area (Å²) < 4.78 is 4.63. The van der Waals surface area contributed by atoms with Crippen molar-refractivity contribution in [2.75, 3.05) is 0 Å². The minimum atomic E-state index is 0.689. The highest BCUT2D eigenvalue weighted by Crippen LogP contribution is 2.47. The summed E-state index contributed by atoms with van der Waals surface area (Å²) in [6.45, 7) is 0. The molecule has 0 unspecified atom stereocenters. The van der Waals surface area contributed by atoms with E-state index < -0.39 is 0 Å². The van der Waals surface area contributed by atoms with E-state index in [0.717, 1.165) is 44.4 Å². The number of hydrogen-bond donors (Lipinski definition) is 0. The van der Waals surface area contributed by atoms with Gasteiger partial charge in [0.25, 0.3) is 0 Å². The van der Waals surface area contributed by atoms with Crippen LogP contribution in [-0.2, 0) is 0 Å². The van der Waals surface area contributed by atoms with E-state index >= 15 is 0 Å². The van der Waals surface area contributed by atoms with Crippen LogP contribution < -0.4 is 0 Å². The SMILES string of the molecule is c1ccc(-n2c3ccccc3c3cc4c5ccccc5n(-c5nc6c7c(cccc7n5)Sc5ccccc5-6)c4cc32)cc1. The molecule has 1 aliphatic rings. The van der Waals surface area contributed by atoms with Crippen LogP contribution in [0.1, 0.15) is 0 Å². The van der Waals surface area contributed by atoms with Crippen LogP contribution in [0.15, 0.2) is 143 Å². The van der Waals surface area contributed by atoms with E-state index in [9.17, 15) is 0 Å². The Morgan fingerprint density at radius 1 is 0.465 bits per heavy atom. The summed E-state index contributed by atoms with van der Waals surface area (Å²) in [7, 11) is 0. The third-order valence-electron chi connectivity index (χ3n) is 8.72. The summed E-state index contributed by atoms with van der Waals surface area (Å²) in [6.07, 6.45) is 0. The highest BCUT2D eigenvalue weighted by Gasteiger charge is 2.24. The van der Waals surface area contributed by atoms with Crippen molar-refractivity contribution in [3.8, 4) is 22.9 Å². The maximum Gasteiger partial charge on any atom is 0.235 e. The van der Waals surface area contributed by atoms with Gasteiger partial charge in [-0.25, -0.2) is 9.97 Å². The molecule has 0 atom stereocenters. The highest BCUT2D eigenvalue weighted by molar-refractivity contribution is 7.99. The van der Waals surface area contributed by atoms with Gasteiger partial charge in [-0.1, -0.05) is 90.6 Å². The molecule has 0 radical (unpaired) electrons. The van der Waals surface area contributed by atoms with Gasteiger partial charge in [0.15, 0.2) is 0 Å². The van der Waals surface area contributed by atoms with E-state index in [1.54, 1.807) is 11.8 Å². The normalized spacial score (nSPS) is 12.6. The first-order valence-corrected chi connectivity index (χ1v) is 15.3. The minimum absolute atomic E-state index is 0.689. The second-order valence-corrected chi connectivity index (χ2v) is 12.1. The fourth-order valence-corrected chi connectivity index (χ4v) is 8.00. The maximum atomic E-state index is 5.35. The van der Waals surface area contributed by atoms with Crippen molar-refractivity contribution in [2.45, 2.75) is 9.79 Å². The van der Waals surface area contributed by atoms with Crippen LogP contribution in [-0.4, -0.2) is 19.1 Å². The average Bonchev–Trinajstić information content (AvgIpc) is 3.56. The van der Waals surface area contributed by atoms with E-state index in [-0.39, 0.29) is 0 Å². The number of nitrogens with zero attached hydrogens (tertiary/aromatic N) is 4. The molecule has 43 heavy (non-hydrogen) atoms. The standard InChI is InChI=1S/C38H22N4S/c1-2-11-23(12-3-1)41-30-17-7-4-13-24(30)27-21-28-25-14-5-8-18-31(25)42(33(28)22-32(27)41)38-39-29-16-10-20-35-36(29)37(40-38)26-15-6-9-19-34(26)43-35/h1-22H. The van der Waals surface area contributed by atoms with Crippen molar-refractivity contribution in [3.63, 3.8) is 0 Å². The Kier molecular flexibility index (Phi) is 4.62. The minimum Gasteiger partial charge on any atom is -0.309 e. The van der Waals surface area contributed by atoms with Crippen LogP contribution in [0.3, 0.4) is 0 Å². The monoisotopic (exact) mass is 566 g/mol. The van der Waals surface area contributed by atoms with E-state index in [2.05, 4.69) is 143 Å². The van der Waals surface area contributed by atoms with Crippen molar-refractivity contribution in [3.05, 3.63) is 133 Å². The number of rotatable bonds is 2. The molecule has 5 heteroatoms. The van der Waals surface area contributed by atoms with E-state index in [1.807, 2.05) is 0 Å². The molecule has 0 spiro atoms. The predicted molar refractivity (Wildman–Crippen MR) is 178 cm³/mol. The molecule has 6 aromatic carbocycles. The summed E-state index contributed by atoms with van der Waals surface area (Å²) in [5, 5.41) is 5.99. The van der Waals surface area contributed by atoms with Crippen LogP contribution in [0.4, 0.5) is 0 Å². The van der Waals surface area contributed by atoms with Crippen molar-refractivity contribution >= 4 is 66.3 Å². The Morgan fingerprint density at radius 3 is 1.93 bits per heavy atom. The molecule has 4 heterocycles. The van der Waals surface area contributed by atoms with Gasteiger partial charge < -0.3 is 4.57 Å². The van der Waals surface area contributed by atoms with Gasteiger partial charge in [0.05, 0.1) is 33.3 Å². The van der Waals surface area contributed by atoms with Crippen molar-refractivity contribution in [2.24, 2.45) is 0 Å². The van der Waals surface area contributed by atoms with Crippen LogP contribution in [0.25, 0.3) is 77.4 Å². The molecule has 10 rings (SSSR count). The predicted octanol–water partition coefficient (Wildman–Crippen LogP) is 9.96. The number of para-hydroxylation sites is 3. The van der Waals surface area contributed by atoms with Gasteiger partial charge in [0.1, 0.15) is 0 Å². The van der Waals surface area contributed by atoms with Crippen LogP contribution in [0.2, 0.25) is 0 Å². The smallest absolute Gasteiger partial charge is 0.235 e. The van der Waals surface area contributed by atoms with Crippen LogP contribution in [0, 0.1) is 0 Å². The number of hydrogen-bond acceptors (Lipinski definition) is 3. The Balaban J connectivity index is 1.36. The lowest BCUT2D eigenvalue weighted by atomic mass is 10.1. The number of fused-ring (bicyclic) bond motifs is 8. The molecule has 0 fully saturated rings. The molecular weight excluding hydrogens is 545 g/mol. The summed E-state index contributed by atoms with van der Waals surface area (Å²) in [5.41, 5.74) is 8.81. The molecule has 3 aromatic heterocycles. The largest absolute Gasteiger partial charge is 0.309 e. The lowest BCUT2D eigenvalue weighted by molar-refractivity contribution is 1.01. The maximum absolute atomic E-state index is 5.35. The quantitative estimate of drug-likeness (QED) is 0.209. The lowest BCUT2D eigenvalue weighted by Crippen LogP contribution is -2.05. The number of benzene rings is 6. The Bertz CT molecular complexity index is 2590. The van der Waals surface area contributed by atoms with Gasteiger partial charge in [0.2, 0.25) is 5.95 Å². The zero-order valence-electron chi connectivity index (χ0n) is 22.9. The third-order valence-corrected chi connectivity index (χ3v) is 9.85. The molecule has 0 saturated carbocycles. The van der Waals surface area contributed by atoms with Gasteiger partial charge in [-0.05, 0) is 54.6 Å². The van der Waals surface area contributed by atoms with Gasteiger partial charge in [-0.15, -0.1) is 0 Å². The summed E-state index contributed by atoms with van der Waals surface area (Å²) >= 11 is 1.80. The average molecular weight is 567 g/mol. The number of aromatic nitrogens is 4. The first-order chi connectivity index (χ1) is 21.3. The van der Waals surface area contributed by atoms with Crippen molar-refractivity contribution in [1.82, 2.24) is 19.1 Å². The zero-order valence-corrected chi connectivity index (χ0v) is 23.7. The molecule has 1 aliphatic heterocycles. The summed E-state index contributed by atoms with van der Waals surface area (Å²) in [4.78, 5) is 13.0. The summed E-state index contributed by atoms with van der Waals surface area (Å²) in [5.74, 6) is 0.689. The molecule has 0 aliphatic carbocycles. The Hall–Kier alpha value is -5.39. The van der Waals surface area contributed by atoms with Gasteiger partial charge in [-0.2, -0.15) is 0 Å². The van der Waals surface area contributed by atoms with E-state index in [1.165, 1.54) is 36.9 Å². The Morgan fingerprint density at radius 2 is 1.12 bits per heavy atom. The molecule has 0 saturated heterocycles. The lowest BCUT2D eigenvalue weighted by Gasteiger charge is -2.20. The van der Waals surface area contributed by atoms with Crippen molar-refractivity contribution in [1.29, 1.82) is 0 Å². The zero-order chi connectivity index (χ0) is 28.1. The molecule has 0 amide bonds. The second-order valence-electron chi connectivity index (χ2n) is 11.0. The van der Waals surface area contributed by atoms with E-state index in [4.69, 9.17) is 9.97 Å². The molecule has 9 aromatic rings. The first-order valence-electron chi connectivity index (χ1n) is 14.4. The Labute approximate surface area is 250 Å².